The second-order valence-corrected chi connectivity index (χ2v) is 7.74. The van der Waals surface area contributed by atoms with Crippen LogP contribution >= 0.6 is 0 Å². The molecule has 4 rings (SSSR count). The monoisotopic (exact) mass is 406 g/mol. The number of carbonyl (C=O) groups excluding carboxylic acids is 3. The lowest BCUT2D eigenvalue weighted by molar-refractivity contribution is -0.122. The van der Waals surface area contributed by atoms with E-state index in [0.717, 1.165) is 31.5 Å². The normalized spacial score (nSPS) is 18.1. The highest BCUT2D eigenvalue weighted by Gasteiger charge is 2.41. The lowest BCUT2D eigenvalue weighted by Crippen LogP contribution is -2.48. The highest BCUT2D eigenvalue weighted by molar-refractivity contribution is 6.19. The third-order valence-electron chi connectivity index (χ3n) is 5.70. The summed E-state index contributed by atoms with van der Waals surface area (Å²) >= 11 is 0. The molecule has 0 aromatic heterocycles. The van der Waals surface area contributed by atoms with Crippen LogP contribution in [0.1, 0.15) is 18.4 Å². The van der Waals surface area contributed by atoms with Crippen LogP contribution in [0.15, 0.2) is 60.7 Å². The summed E-state index contributed by atoms with van der Waals surface area (Å²) in [5, 5.41) is 2.95. The van der Waals surface area contributed by atoms with Gasteiger partial charge in [0.1, 0.15) is 6.54 Å². The Hall–Kier alpha value is -3.19. The molecule has 2 aliphatic rings. The van der Waals surface area contributed by atoms with Crippen LogP contribution in [-0.2, 0) is 16.1 Å². The van der Waals surface area contributed by atoms with E-state index in [-0.39, 0.29) is 30.4 Å². The molecule has 0 spiro atoms. The summed E-state index contributed by atoms with van der Waals surface area (Å²) in [7, 11) is 0. The number of anilines is 1. The number of benzene rings is 2. The average molecular weight is 406 g/mol. The fourth-order valence-corrected chi connectivity index (χ4v) is 4.08. The quantitative estimate of drug-likeness (QED) is 0.747. The smallest absolute Gasteiger partial charge is 0.332 e. The first-order valence-corrected chi connectivity index (χ1v) is 10.3. The summed E-state index contributed by atoms with van der Waals surface area (Å²) < 4.78 is 0. The van der Waals surface area contributed by atoms with Crippen LogP contribution < -0.4 is 10.2 Å². The van der Waals surface area contributed by atoms with Crippen LogP contribution in [0, 0.1) is 0 Å². The van der Waals surface area contributed by atoms with Crippen molar-refractivity contribution in [1.82, 2.24) is 15.1 Å². The molecule has 2 aliphatic heterocycles. The molecule has 156 valence electrons. The van der Waals surface area contributed by atoms with E-state index >= 15 is 0 Å². The highest BCUT2D eigenvalue weighted by atomic mass is 16.2. The van der Waals surface area contributed by atoms with Gasteiger partial charge in [-0.3, -0.25) is 14.5 Å². The zero-order valence-corrected chi connectivity index (χ0v) is 16.9. The molecule has 2 heterocycles. The summed E-state index contributed by atoms with van der Waals surface area (Å²) in [5.74, 6) is -0.186. The van der Waals surface area contributed by atoms with Gasteiger partial charge in [-0.05, 0) is 30.5 Å². The number of urea groups is 1. The summed E-state index contributed by atoms with van der Waals surface area (Å²) in [6, 6.07) is 18.7. The third kappa shape index (κ3) is 4.52. The Bertz CT molecular complexity index is 895. The topological polar surface area (TPSA) is 73.0 Å². The van der Waals surface area contributed by atoms with E-state index in [1.54, 1.807) is 17.0 Å². The Labute approximate surface area is 176 Å². The van der Waals surface area contributed by atoms with E-state index in [1.807, 2.05) is 48.5 Å². The largest absolute Gasteiger partial charge is 0.351 e. The lowest BCUT2D eigenvalue weighted by Gasteiger charge is -2.35. The van der Waals surface area contributed by atoms with E-state index in [2.05, 4.69) is 10.2 Å². The van der Waals surface area contributed by atoms with Crippen molar-refractivity contribution in [3.05, 3.63) is 66.2 Å². The second-order valence-electron chi connectivity index (χ2n) is 7.74. The van der Waals surface area contributed by atoms with Crippen molar-refractivity contribution in [2.24, 2.45) is 0 Å². The number of nitrogens with zero attached hydrogens (tertiary/aromatic N) is 3. The molecular formula is C23H26N4O3. The molecule has 0 radical (unpaired) electrons. The molecule has 0 bridgehead atoms. The average Bonchev–Trinajstić information content (AvgIpc) is 3.08. The van der Waals surface area contributed by atoms with Gasteiger partial charge in [-0.15, -0.1) is 0 Å². The van der Waals surface area contributed by atoms with E-state index < -0.39 is 0 Å². The van der Waals surface area contributed by atoms with Gasteiger partial charge in [-0.25, -0.2) is 9.69 Å². The molecule has 2 aromatic rings. The Morgan fingerprint density at radius 3 is 2.23 bits per heavy atom. The molecule has 2 fully saturated rings. The van der Waals surface area contributed by atoms with Gasteiger partial charge in [-0.1, -0.05) is 48.5 Å². The first-order chi connectivity index (χ1) is 14.6. The Kier molecular flexibility index (Phi) is 6.09. The Morgan fingerprint density at radius 1 is 0.933 bits per heavy atom. The molecule has 30 heavy (non-hydrogen) atoms. The van der Waals surface area contributed by atoms with Gasteiger partial charge < -0.3 is 10.2 Å². The van der Waals surface area contributed by atoms with E-state index in [9.17, 15) is 14.4 Å². The third-order valence-corrected chi connectivity index (χ3v) is 5.70. The number of piperidine rings is 1. The number of carbonyl (C=O) groups is 3. The van der Waals surface area contributed by atoms with Gasteiger partial charge in [0.2, 0.25) is 5.91 Å². The van der Waals surface area contributed by atoms with Gasteiger partial charge in [0.15, 0.2) is 0 Å². The fourth-order valence-electron chi connectivity index (χ4n) is 4.08. The molecule has 0 aliphatic carbocycles. The van der Waals surface area contributed by atoms with Crippen molar-refractivity contribution >= 4 is 23.5 Å². The molecule has 7 nitrogen and oxygen atoms in total. The molecule has 1 N–H and O–H groups in total. The van der Waals surface area contributed by atoms with Crippen molar-refractivity contribution in [3.8, 4) is 0 Å². The van der Waals surface area contributed by atoms with Crippen molar-refractivity contribution in [1.29, 1.82) is 0 Å². The first-order valence-electron chi connectivity index (χ1n) is 10.3. The molecule has 4 amide bonds. The standard InChI is InChI=1S/C23H26N4O3/c28-21(24-15-18-7-3-1-4-8-18)16-25-13-11-19(12-14-25)26-17-22(29)27(23(26)30)20-9-5-2-6-10-20/h1-10,19H,11-17H2,(H,24,28). The van der Waals surface area contributed by atoms with Crippen LogP contribution in [-0.4, -0.2) is 59.9 Å². The van der Waals surface area contributed by atoms with Gasteiger partial charge in [0.05, 0.1) is 12.2 Å². The summed E-state index contributed by atoms with van der Waals surface area (Å²) in [4.78, 5) is 42.6. The summed E-state index contributed by atoms with van der Waals surface area (Å²) in [6.45, 7) is 2.45. The number of rotatable bonds is 6. The minimum absolute atomic E-state index is 0.0000162. The molecule has 0 unspecified atom stereocenters. The lowest BCUT2D eigenvalue weighted by atomic mass is 10.0. The molecule has 2 aromatic carbocycles. The van der Waals surface area contributed by atoms with E-state index in [1.165, 1.54) is 4.90 Å². The maximum absolute atomic E-state index is 12.8. The number of nitrogens with one attached hydrogen (secondary N) is 1. The fraction of sp³-hybridized carbons (Fsp3) is 0.348. The van der Waals surface area contributed by atoms with Gasteiger partial charge >= 0.3 is 6.03 Å². The van der Waals surface area contributed by atoms with Crippen LogP contribution in [0.2, 0.25) is 0 Å². The zero-order chi connectivity index (χ0) is 20.9. The second kappa shape index (κ2) is 9.09. The predicted molar refractivity (Wildman–Crippen MR) is 114 cm³/mol. The number of amides is 4. The van der Waals surface area contributed by atoms with Crippen molar-refractivity contribution < 1.29 is 14.4 Å². The summed E-state index contributed by atoms with van der Waals surface area (Å²) in [6.07, 6.45) is 1.52. The van der Waals surface area contributed by atoms with Gasteiger partial charge in [0, 0.05) is 25.7 Å². The molecular weight excluding hydrogens is 380 g/mol. The first kappa shape index (κ1) is 20.1. The minimum Gasteiger partial charge on any atom is -0.351 e. The van der Waals surface area contributed by atoms with Crippen LogP contribution in [0.25, 0.3) is 0 Å². The number of imide groups is 1. The summed E-state index contributed by atoms with van der Waals surface area (Å²) in [5.41, 5.74) is 1.69. The molecule has 0 atom stereocenters. The highest BCUT2D eigenvalue weighted by Crippen LogP contribution is 2.26. The van der Waals surface area contributed by atoms with E-state index in [0.29, 0.717) is 18.8 Å². The van der Waals surface area contributed by atoms with Gasteiger partial charge in [-0.2, -0.15) is 0 Å². The Balaban J connectivity index is 1.26. The van der Waals surface area contributed by atoms with E-state index in [4.69, 9.17) is 0 Å². The maximum atomic E-state index is 12.8. The Morgan fingerprint density at radius 2 is 1.57 bits per heavy atom. The van der Waals surface area contributed by atoms with Crippen LogP contribution in [0.3, 0.4) is 0 Å². The molecule has 0 saturated carbocycles. The zero-order valence-electron chi connectivity index (χ0n) is 16.9. The van der Waals surface area contributed by atoms with Crippen LogP contribution in [0.5, 0.6) is 0 Å². The van der Waals surface area contributed by atoms with Gasteiger partial charge in [0.25, 0.3) is 5.91 Å². The van der Waals surface area contributed by atoms with Crippen molar-refractivity contribution in [3.63, 3.8) is 0 Å². The van der Waals surface area contributed by atoms with Crippen molar-refractivity contribution in [2.45, 2.75) is 25.4 Å². The predicted octanol–water partition coefficient (Wildman–Crippen LogP) is 2.24. The van der Waals surface area contributed by atoms with Crippen LogP contribution in [0.4, 0.5) is 10.5 Å². The molecule has 2 saturated heterocycles. The SMILES string of the molecule is O=C(CN1CCC(N2CC(=O)N(c3ccccc3)C2=O)CC1)NCc1ccccc1. The minimum atomic E-state index is -0.245. The maximum Gasteiger partial charge on any atom is 0.332 e. The number of para-hydroxylation sites is 1. The number of likely N-dealkylation sites (tertiary alicyclic amines) is 1. The molecule has 7 heteroatoms. The van der Waals surface area contributed by atoms with Crippen molar-refractivity contribution in [2.75, 3.05) is 31.1 Å². The number of hydrogen-bond acceptors (Lipinski definition) is 4. The number of hydrogen-bond donors (Lipinski definition) is 1.